The monoisotopic (exact) mass is 217 g/mol. The highest BCUT2D eigenvalue weighted by Crippen LogP contribution is 2.27. The van der Waals surface area contributed by atoms with Gasteiger partial charge in [0.1, 0.15) is 0 Å². The molecule has 5 nitrogen and oxygen atoms in total. The van der Waals surface area contributed by atoms with Gasteiger partial charge in [-0.1, -0.05) is 0 Å². The van der Waals surface area contributed by atoms with E-state index in [2.05, 4.69) is 25.1 Å². The maximum absolute atomic E-state index is 4.52. The van der Waals surface area contributed by atoms with Gasteiger partial charge in [0.05, 0.1) is 23.4 Å². The Morgan fingerprint density at radius 2 is 2.25 bits per heavy atom. The lowest BCUT2D eigenvalue weighted by Gasteiger charge is -2.16. The quantitative estimate of drug-likeness (QED) is 0.749. The van der Waals surface area contributed by atoms with Gasteiger partial charge in [-0.2, -0.15) is 5.10 Å². The molecule has 16 heavy (non-hydrogen) atoms. The van der Waals surface area contributed by atoms with Gasteiger partial charge in [0, 0.05) is 30.9 Å². The van der Waals surface area contributed by atoms with E-state index in [1.54, 1.807) is 0 Å². The molecule has 0 aliphatic carbocycles. The van der Waals surface area contributed by atoms with E-state index in [1.807, 2.05) is 20.2 Å². The summed E-state index contributed by atoms with van der Waals surface area (Å²) in [5.41, 5.74) is 5.58. The Balaban J connectivity index is 2.17. The molecular formula is C11H15N5. The number of hydrogen-bond donors (Lipinski definition) is 2. The van der Waals surface area contributed by atoms with Crippen molar-refractivity contribution in [2.75, 3.05) is 6.54 Å². The molecule has 0 fully saturated rings. The van der Waals surface area contributed by atoms with Crippen LogP contribution in [0.4, 0.5) is 0 Å². The van der Waals surface area contributed by atoms with Crippen molar-refractivity contribution in [2.45, 2.75) is 26.9 Å². The van der Waals surface area contributed by atoms with Crippen LogP contribution in [0, 0.1) is 13.8 Å². The highest BCUT2D eigenvalue weighted by atomic mass is 15.1. The first-order valence-electron chi connectivity index (χ1n) is 5.54. The van der Waals surface area contributed by atoms with Gasteiger partial charge in [0.2, 0.25) is 0 Å². The molecule has 1 aliphatic rings. The maximum Gasteiger partial charge on any atom is 0.0965 e. The van der Waals surface area contributed by atoms with Crippen molar-refractivity contribution in [3.63, 3.8) is 0 Å². The Morgan fingerprint density at radius 1 is 1.38 bits per heavy atom. The van der Waals surface area contributed by atoms with E-state index in [0.717, 1.165) is 42.3 Å². The molecule has 0 atom stereocenters. The van der Waals surface area contributed by atoms with Gasteiger partial charge in [-0.3, -0.25) is 5.10 Å². The van der Waals surface area contributed by atoms with Gasteiger partial charge in [0.15, 0.2) is 0 Å². The van der Waals surface area contributed by atoms with Gasteiger partial charge in [-0.25, -0.2) is 4.98 Å². The second-order valence-electron chi connectivity index (χ2n) is 4.22. The lowest BCUT2D eigenvalue weighted by Crippen LogP contribution is -2.27. The first kappa shape index (κ1) is 9.59. The second-order valence-corrected chi connectivity index (χ2v) is 4.22. The van der Waals surface area contributed by atoms with Gasteiger partial charge >= 0.3 is 0 Å². The molecule has 0 unspecified atom stereocenters. The molecule has 0 bridgehead atoms. The molecular weight excluding hydrogens is 202 g/mol. The summed E-state index contributed by atoms with van der Waals surface area (Å²) in [4.78, 5) is 4.52. The van der Waals surface area contributed by atoms with Gasteiger partial charge in [-0.05, 0) is 13.8 Å². The normalized spacial score (nSPS) is 15.1. The molecule has 0 amide bonds. The van der Waals surface area contributed by atoms with Crippen LogP contribution < -0.4 is 5.32 Å². The average molecular weight is 217 g/mol. The Kier molecular flexibility index (Phi) is 2.07. The Bertz CT molecular complexity index is 503. The zero-order valence-corrected chi connectivity index (χ0v) is 9.54. The smallest absolute Gasteiger partial charge is 0.0965 e. The number of imidazole rings is 1. The molecule has 5 heteroatoms. The zero-order valence-electron chi connectivity index (χ0n) is 9.54. The van der Waals surface area contributed by atoms with E-state index in [-0.39, 0.29) is 0 Å². The number of fused-ring (bicyclic) bond motifs is 1. The van der Waals surface area contributed by atoms with E-state index in [9.17, 15) is 0 Å². The molecule has 0 saturated carbocycles. The van der Waals surface area contributed by atoms with Crippen molar-refractivity contribution in [1.29, 1.82) is 0 Å². The highest BCUT2D eigenvalue weighted by Gasteiger charge is 2.19. The minimum atomic E-state index is 0.888. The number of rotatable bonds is 1. The van der Waals surface area contributed by atoms with Crippen LogP contribution in [0.1, 0.15) is 17.1 Å². The summed E-state index contributed by atoms with van der Waals surface area (Å²) >= 11 is 0. The summed E-state index contributed by atoms with van der Waals surface area (Å²) in [5.74, 6) is 0. The minimum absolute atomic E-state index is 0.888. The number of hydrogen-bond acceptors (Lipinski definition) is 3. The third kappa shape index (κ3) is 1.28. The highest BCUT2D eigenvalue weighted by molar-refractivity contribution is 5.67. The van der Waals surface area contributed by atoms with Crippen molar-refractivity contribution >= 4 is 0 Å². The van der Waals surface area contributed by atoms with Gasteiger partial charge in [0.25, 0.3) is 0 Å². The third-order valence-corrected chi connectivity index (χ3v) is 3.13. The topological polar surface area (TPSA) is 58.5 Å². The first-order chi connectivity index (χ1) is 7.77. The van der Waals surface area contributed by atoms with Crippen molar-refractivity contribution in [2.24, 2.45) is 0 Å². The number of aromatic amines is 1. The number of aryl methyl sites for hydroxylation is 2. The lowest BCUT2D eigenvalue weighted by atomic mass is 10.1. The summed E-state index contributed by atoms with van der Waals surface area (Å²) in [6, 6.07) is 0. The van der Waals surface area contributed by atoms with E-state index in [0.29, 0.717) is 0 Å². The van der Waals surface area contributed by atoms with Crippen LogP contribution in [0.2, 0.25) is 0 Å². The van der Waals surface area contributed by atoms with E-state index in [1.165, 1.54) is 5.69 Å². The van der Waals surface area contributed by atoms with Crippen LogP contribution in [-0.4, -0.2) is 26.3 Å². The van der Waals surface area contributed by atoms with E-state index >= 15 is 0 Å². The first-order valence-corrected chi connectivity index (χ1v) is 5.54. The van der Waals surface area contributed by atoms with Crippen molar-refractivity contribution in [1.82, 2.24) is 25.1 Å². The largest absolute Gasteiger partial charge is 0.332 e. The summed E-state index contributed by atoms with van der Waals surface area (Å²) in [6.45, 7) is 6.96. The number of nitrogens with zero attached hydrogens (tertiary/aromatic N) is 3. The summed E-state index contributed by atoms with van der Waals surface area (Å²) in [7, 11) is 0. The summed E-state index contributed by atoms with van der Waals surface area (Å²) in [5, 5.41) is 10.6. The Labute approximate surface area is 93.9 Å². The summed E-state index contributed by atoms with van der Waals surface area (Å²) in [6.07, 6.45) is 1.93. The Hall–Kier alpha value is -1.62. The lowest BCUT2D eigenvalue weighted by molar-refractivity contribution is 0.517. The molecule has 2 aromatic heterocycles. The fourth-order valence-electron chi connectivity index (χ4n) is 2.30. The van der Waals surface area contributed by atoms with Crippen molar-refractivity contribution in [3.05, 3.63) is 23.4 Å². The van der Waals surface area contributed by atoms with Gasteiger partial charge < -0.3 is 9.88 Å². The second kappa shape index (κ2) is 3.45. The fourth-order valence-corrected chi connectivity index (χ4v) is 2.30. The summed E-state index contributed by atoms with van der Waals surface area (Å²) < 4.78 is 2.22. The molecule has 3 rings (SSSR count). The standard InChI is InChI=1S/C11H15N5/c1-7-10(8(2)15-14-7)11-9-5-12-3-4-16(9)6-13-11/h6,12H,3-5H2,1-2H3,(H,14,15). The van der Waals surface area contributed by atoms with Crippen LogP contribution >= 0.6 is 0 Å². The van der Waals surface area contributed by atoms with Crippen LogP contribution in [0.15, 0.2) is 6.33 Å². The molecule has 0 spiro atoms. The molecule has 1 aliphatic heterocycles. The average Bonchev–Trinajstić information content (AvgIpc) is 2.83. The van der Waals surface area contributed by atoms with Crippen LogP contribution in [0.5, 0.6) is 0 Å². The maximum atomic E-state index is 4.52. The van der Waals surface area contributed by atoms with Crippen LogP contribution in [-0.2, 0) is 13.1 Å². The SMILES string of the molecule is Cc1n[nH]c(C)c1-c1ncn2c1CNCC2. The predicted molar refractivity (Wildman–Crippen MR) is 61.0 cm³/mol. The van der Waals surface area contributed by atoms with Crippen LogP contribution in [0.3, 0.4) is 0 Å². The number of nitrogens with one attached hydrogen (secondary N) is 2. The molecule has 2 aromatic rings. The van der Waals surface area contributed by atoms with E-state index in [4.69, 9.17) is 0 Å². The molecule has 84 valence electrons. The van der Waals surface area contributed by atoms with Gasteiger partial charge in [-0.15, -0.1) is 0 Å². The fraction of sp³-hybridized carbons (Fsp3) is 0.455. The number of H-pyrrole nitrogens is 1. The van der Waals surface area contributed by atoms with E-state index < -0.39 is 0 Å². The molecule has 0 aromatic carbocycles. The molecule has 3 heterocycles. The third-order valence-electron chi connectivity index (χ3n) is 3.13. The zero-order chi connectivity index (χ0) is 11.1. The minimum Gasteiger partial charge on any atom is -0.332 e. The van der Waals surface area contributed by atoms with Crippen LogP contribution in [0.25, 0.3) is 11.3 Å². The molecule has 0 radical (unpaired) electrons. The van der Waals surface area contributed by atoms with Crippen molar-refractivity contribution < 1.29 is 0 Å². The molecule has 2 N–H and O–H groups in total. The molecule has 0 saturated heterocycles. The number of aromatic nitrogens is 4. The van der Waals surface area contributed by atoms with Crippen molar-refractivity contribution in [3.8, 4) is 11.3 Å². The predicted octanol–water partition coefficient (Wildman–Crippen LogP) is 0.993. The Morgan fingerprint density at radius 3 is 3.00 bits per heavy atom.